The molecular weight excluding hydrogens is 520 g/mol. The second-order valence-corrected chi connectivity index (χ2v) is 14.4. The van der Waals surface area contributed by atoms with Gasteiger partial charge in [-0.25, -0.2) is 4.79 Å². The summed E-state index contributed by atoms with van der Waals surface area (Å²) in [5.41, 5.74) is -3.55. The van der Waals surface area contributed by atoms with Gasteiger partial charge < -0.3 is 19.3 Å². The molecule has 5 aliphatic rings. The van der Waals surface area contributed by atoms with Crippen molar-refractivity contribution in [2.75, 3.05) is 0 Å². The molecule has 41 heavy (non-hydrogen) atoms. The van der Waals surface area contributed by atoms with Crippen molar-refractivity contribution < 1.29 is 33.7 Å². The highest BCUT2D eigenvalue weighted by Crippen LogP contribution is 2.67. The average Bonchev–Trinajstić information content (AvgIpc) is 2.95. The first-order chi connectivity index (χ1) is 17.0. The monoisotopic (exact) mass is 584 g/mol. The van der Waals surface area contributed by atoms with Crippen LogP contribution >= 0.6 is 0 Å². The molecule has 1 aliphatic heterocycles. The minimum atomic E-state index is -1.31. The first kappa shape index (κ1) is 39.4. The Morgan fingerprint density at radius 1 is 0.976 bits per heavy atom. The highest BCUT2D eigenvalue weighted by molar-refractivity contribution is 5.86. The van der Waals surface area contributed by atoms with Gasteiger partial charge in [0.25, 0.3) is 0 Å². The largest absolute Gasteiger partial charge is 0.458 e. The summed E-state index contributed by atoms with van der Waals surface area (Å²) in [6.07, 6.45) is 6.73. The van der Waals surface area contributed by atoms with Crippen LogP contribution in [0.5, 0.6) is 0 Å². The highest BCUT2D eigenvalue weighted by atomic mass is 16.6. The molecule has 4 bridgehead atoms. The van der Waals surface area contributed by atoms with Crippen LogP contribution in [0, 0.1) is 35.0 Å². The molecule has 0 amide bonds. The van der Waals surface area contributed by atoms with Crippen molar-refractivity contribution in [1.29, 1.82) is 0 Å². The maximum Gasteiger partial charge on any atom is 0.351 e. The number of hydrogen-bond acceptors (Lipinski definition) is 7. The molecule has 7 heteroatoms. The molecule has 6 atom stereocenters. The molecule has 242 valence electrons. The molecule has 1 saturated heterocycles. The Morgan fingerprint density at radius 2 is 1.51 bits per heavy atom. The highest BCUT2D eigenvalue weighted by Gasteiger charge is 2.65. The lowest BCUT2D eigenvalue weighted by atomic mass is 9.43. The van der Waals surface area contributed by atoms with Gasteiger partial charge in [0.05, 0.1) is 17.4 Å². The van der Waals surface area contributed by atoms with Crippen molar-refractivity contribution >= 4 is 17.9 Å². The predicted molar refractivity (Wildman–Crippen MR) is 165 cm³/mol. The summed E-state index contributed by atoms with van der Waals surface area (Å²) in [5, 5.41) is 11.3. The maximum absolute atomic E-state index is 13.7. The van der Waals surface area contributed by atoms with Crippen LogP contribution in [0.2, 0.25) is 0 Å². The summed E-state index contributed by atoms with van der Waals surface area (Å²) in [6.45, 7) is 15.2. The Kier molecular flexibility index (Phi) is 12.4. The van der Waals surface area contributed by atoms with Crippen molar-refractivity contribution in [3.05, 3.63) is 0 Å². The van der Waals surface area contributed by atoms with E-state index in [1.807, 2.05) is 6.92 Å². The van der Waals surface area contributed by atoms with Gasteiger partial charge in [0.15, 0.2) is 0 Å². The smallest absolute Gasteiger partial charge is 0.351 e. The van der Waals surface area contributed by atoms with E-state index in [-0.39, 0.29) is 47.0 Å². The molecule has 0 spiro atoms. The Morgan fingerprint density at radius 3 is 1.93 bits per heavy atom. The van der Waals surface area contributed by atoms with Gasteiger partial charge in [0, 0.05) is 11.8 Å². The van der Waals surface area contributed by atoms with Crippen molar-refractivity contribution in [3.8, 4) is 0 Å². The third-order valence-electron chi connectivity index (χ3n) is 10.3. The molecule has 0 aromatic rings. The Bertz CT molecular complexity index is 925. The van der Waals surface area contributed by atoms with E-state index >= 15 is 0 Å². The summed E-state index contributed by atoms with van der Waals surface area (Å²) in [6, 6.07) is 0. The zero-order valence-electron chi connectivity index (χ0n) is 24.1. The van der Waals surface area contributed by atoms with Gasteiger partial charge in [-0.3, -0.25) is 9.59 Å². The predicted octanol–water partition coefficient (Wildman–Crippen LogP) is 7.90. The van der Waals surface area contributed by atoms with Crippen LogP contribution in [0.3, 0.4) is 0 Å². The van der Waals surface area contributed by atoms with Crippen LogP contribution in [-0.2, 0) is 28.6 Å². The van der Waals surface area contributed by atoms with E-state index in [1.165, 1.54) is 6.42 Å². The molecule has 0 aromatic carbocycles. The van der Waals surface area contributed by atoms with Gasteiger partial charge in [-0.1, -0.05) is 57.4 Å². The van der Waals surface area contributed by atoms with Gasteiger partial charge in [0.1, 0.15) is 11.2 Å². The van der Waals surface area contributed by atoms with Gasteiger partial charge in [0.2, 0.25) is 5.60 Å². The number of esters is 3. The van der Waals surface area contributed by atoms with Gasteiger partial charge in [-0.2, -0.15) is 0 Å². The molecular formula is C34H64O7. The molecule has 4 aliphatic carbocycles. The van der Waals surface area contributed by atoms with Crippen LogP contribution in [0.25, 0.3) is 0 Å². The second-order valence-electron chi connectivity index (χ2n) is 14.4. The number of carbonyl (C=O) groups excluding carboxylic acids is 3. The zero-order valence-corrected chi connectivity index (χ0v) is 24.1. The summed E-state index contributed by atoms with van der Waals surface area (Å²) in [5.74, 6) is -1.27. The number of cyclic esters (lactones) is 1. The third-order valence-corrected chi connectivity index (χ3v) is 10.3. The maximum atomic E-state index is 13.7. The quantitative estimate of drug-likeness (QED) is 0.217. The second kappa shape index (κ2) is 12.9. The number of aliphatic hydroxyl groups is 1. The first-order valence-corrected chi connectivity index (χ1v) is 14.4. The van der Waals surface area contributed by atoms with E-state index in [2.05, 4.69) is 20.8 Å². The lowest BCUT2D eigenvalue weighted by molar-refractivity contribution is -0.249. The molecule has 5 fully saturated rings. The normalized spacial score (nSPS) is 35.3. The average molecular weight is 585 g/mol. The summed E-state index contributed by atoms with van der Waals surface area (Å²) >= 11 is 0. The van der Waals surface area contributed by atoms with E-state index in [4.69, 9.17) is 14.2 Å². The number of carbonyl (C=O) groups is 3. The van der Waals surface area contributed by atoms with Crippen molar-refractivity contribution in [2.24, 2.45) is 35.0 Å². The van der Waals surface area contributed by atoms with Crippen LogP contribution in [0.15, 0.2) is 0 Å². The number of ether oxygens (including phenoxy) is 3. The Hall–Kier alpha value is -1.63. The Labute approximate surface area is 251 Å². The van der Waals surface area contributed by atoms with E-state index in [0.29, 0.717) is 37.5 Å². The molecule has 1 heterocycles. The topological polar surface area (TPSA) is 99.1 Å². The van der Waals surface area contributed by atoms with E-state index in [1.54, 1.807) is 27.7 Å². The number of rotatable bonds is 9. The van der Waals surface area contributed by atoms with Crippen LogP contribution in [0.1, 0.15) is 143 Å². The SMILES string of the molecule is C.C.C.C.CCC(CC(C)C(=O)OC1(C)CC(C)(C)OC1=O)C(=O)OC(C)(C(C)C)C12CC3CC(CC(O)(C3)C1)C2. The van der Waals surface area contributed by atoms with Gasteiger partial charge in [-0.05, 0) is 96.8 Å². The standard InChI is InChI=1S/C30H48O7.4CH4/c1-9-22(10-19(4)23(31)35-27(7)16-26(5,6)37-25(27)33)24(32)36-28(8,18(2)3)29-12-20-11-21(13-29)15-30(34,14-20)17-29;;;;/h18-22,34H,9-17H2,1-8H3;4*1H4. The van der Waals surface area contributed by atoms with Gasteiger partial charge >= 0.3 is 17.9 Å². The van der Waals surface area contributed by atoms with Crippen LogP contribution in [0.4, 0.5) is 0 Å². The van der Waals surface area contributed by atoms with E-state index < -0.39 is 46.2 Å². The first-order valence-electron chi connectivity index (χ1n) is 14.4. The summed E-state index contributed by atoms with van der Waals surface area (Å²) in [4.78, 5) is 39.0. The van der Waals surface area contributed by atoms with E-state index in [0.717, 1.165) is 25.7 Å². The lowest BCUT2D eigenvalue weighted by Crippen LogP contribution is -2.65. The third kappa shape index (κ3) is 7.13. The van der Waals surface area contributed by atoms with Crippen molar-refractivity contribution in [2.45, 2.75) is 165 Å². The molecule has 6 unspecified atom stereocenters. The van der Waals surface area contributed by atoms with E-state index in [9.17, 15) is 19.5 Å². The van der Waals surface area contributed by atoms with Crippen LogP contribution in [-0.4, -0.2) is 45.4 Å². The molecule has 0 radical (unpaired) electrons. The minimum absolute atomic E-state index is 0. The summed E-state index contributed by atoms with van der Waals surface area (Å²) < 4.78 is 17.5. The molecule has 1 N–H and O–H groups in total. The fraction of sp³-hybridized carbons (Fsp3) is 0.912. The molecule has 5 rings (SSSR count). The van der Waals surface area contributed by atoms with Crippen molar-refractivity contribution in [1.82, 2.24) is 0 Å². The van der Waals surface area contributed by atoms with Crippen LogP contribution < -0.4 is 0 Å². The lowest BCUT2D eigenvalue weighted by Gasteiger charge is -2.65. The molecule has 0 aromatic heterocycles. The zero-order chi connectivity index (χ0) is 27.6. The molecule has 4 saturated carbocycles. The molecule has 7 nitrogen and oxygen atoms in total. The number of hydrogen-bond donors (Lipinski definition) is 1. The van der Waals surface area contributed by atoms with Crippen molar-refractivity contribution in [3.63, 3.8) is 0 Å². The minimum Gasteiger partial charge on any atom is -0.458 e. The Balaban J connectivity index is 0.00000400. The fourth-order valence-electron chi connectivity index (χ4n) is 8.56. The fourth-order valence-corrected chi connectivity index (χ4v) is 8.56. The summed E-state index contributed by atoms with van der Waals surface area (Å²) in [7, 11) is 0. The van der Waals surface area contributed by atoms with Gasteiger partial charge in [-0.15, -0.1) is 0 Å².